The summed E-state index contributed by atoms with van der Waals surface area (Å²) >= 11 is 0. The third kappa shape index (κ3) is 2.67. The van der Waals surface area contributed by atoms with Crippen LogP contribution in [0.5, 0.6) is 5.75 Å². The number of ether oxygens (including phenoxy) is 1. The van der Waals surface area contributed by atoms with Gasteiger partial charge in [0.15, 0.2) is 0 Å². The van der Waals surface area contributed by atoms with Crippen molar-refractivity contribution in [2.45, 2.75) is 6.61 Å². The lowest BCUT2D eigenvalue weighted by molar-refractivity contribution is 0.305. The van der Waals surface area contributed by atoms with Crippen molar-refractivity contribution in [1.82, 2.24) is 9.97 Å². The fourth-order valence-electron chi connectivity index (χ4n) is 1.16. The van der Waals surface area contributed by atoms with Gasteiger partial charge in [0, 0.05) is 30.2 Å². The normalized spacial score (nSPS) is 9.87. The molecule has 0 saturated heterocycles. The second-order valence-corrected chi connectivity index (χ2v) is 3.04. The van der Waals surface area contributed by atoms with Gasteiger partial charge in [0.05, 0.1) is 0 Å². The highest BCUT2D eigenvalue weighted by molar-refractivity contribution is 5.18. The van der Waals surface area contributed by atoms with Gasteiger partial charge in [-0.2, -0.15) is 0 Å². The second-order valence-electron chi connectivity index (χ2n) is 3.04. The van der Waals surface area contributed by atoms with Crippen molar-refractivity contribution in [3.63, 3.8) is 0 Å². The van der Waals surface area contributed by atoms with Gasteiger partial charge in [-0.15, -0.1) is 0 Å². The van der Waals surface area contributed by atoms with E-state index < -0.39 is 0 Å². The van der Waals surface area contributed by atoms with E-state index in [0.717, 1.165) is 5.56 Å². The Balaban J connectivity index is 2.02. The summed E-state index contributed by atoms with van der Waals surface area (Å²) < 4.78 is 5.41. The van der Waals surface area contributed by atoms with E-state index in [1.165, 1.54) is 6.07 Å². The maximum absolute atomic E-state index is 11.0. The van der Waals surface area contributed by atoms with Gasteiger partial charge in [-0.1, -0.05) is 6.07 Å². The molecule has 0 atom stereocenters. The highest BCUT2D eigenvalue weighted by Crippen LogP contribution is 2.07. The maximum Gasteiger partial charge on any atom is 0.251 e. The third-order valence-corrected chi connectivity index (χ3v) is 1.87. The Bertz CT molecular complexity index is 479. The van der Waals surface area contributed by atoms with E-state index in [1.807, 2.05) is 12.1 Å². The number of hydrogen-bond acceptors (Lipinski definition) is 3. The van der Waals surface area contributed by atoms with Crippen molar-refractivity contribution >= 4 is 0 Å². The Hall–Kier alpha value is -2.10. The fraction of sp³-hybridized carbons (Fsp3) is 0.0909. The summed E-state index contributed by atoms with van der Waals surface area (Å²) in [5.41, 5.74) is 0.802. The van der Waals surface area contributed by atoms with Crippen LogP contribution in [0.3, 0.4) is 0 Å². The number of hydrogen-bond donors (Lipinski definition) is 1. The quantitative estimate of drug-likeness (QED) is 0.817. The van der Waals surface area contributed by atoms with Crippen LogP contribution in [0.25, 0.3) is 0 Å². The summed E-state index contributed by atoms with van der Waals surface area (Å²) in [6.45, 7) is 0.414. The molecule has 0 bridgehead atoms. The molecular weight excluding hydrogens is 192 g/mol. The maximum atomic E-state index is 11.0. The molecule has 4 nitrogen and oxygen atoms in total. The first-order chi connectivity index (χ1) is 7.34. The molecule has 15 heavy (non-hydrogen) atoms. The summed E-state index contributed by atoms with van der Waals surface area (Å²) in [6, 6.07) is 6.88. The standard InChI is InChI=1S/C11H10N2O2/c14-11-6-10(3-5-13-11)15-8-9-2-1-4-12-7-9/h1-7H,8H2,(H,13,14). The molecule has 76 valence electrons. The van der Waals surface area contributed by atoms with Gasteiger partial charge in [-0.25, -0.2) is 0 Å². The lowest BCUT2D eigenvalue weighted by Crippen LogP contribution is -2.04. The number of pyridine rings is 2. The zero-order chi connectivity index (χ0) is 10.5. The van der Waals surface area contributed by atoms with Crippen LogP contribution in [-0.4, -0.2) is 9.97 Å². The monoisotopic (exact) mass is 202 g/mol. The zero-order valence-corrected chi connectivity index (χ0v) is 8.01. The van der Waals surface area contributed by atoms with Gasteiger partial charge < -0.3 is 9.72 Å². The van der Waals surface area contributed by atoms with Crippen LogP contribution in [0, 0.1) is 0 Å². The summed E-state index contributed by atoms with van der Waals surface area (Å²) in [5, 5.41) is 0. The van der Waals surface area contributed by atoms with Gasteiger partial charge in [0.1, 0.15) is 12.4 Å². The van der Waals surface area contributed by atoms with Crippen LogP contribution in [0.1, 0.15) is 5.56 Å². The second kappa shape index (κ2) is 4.41. The molecule has 0 radical (unpaired) electrons. The van der Waals surface area contributed by atoms with Crippen molar-refractivity contribution in [2.75, 3.05) is 0 Å². The Morgan fingerprint density at radius 1 is 1.40 bits per heavy atom. The molecule has 0 unspecified atom stereocenters. The van der Waals surface area contributed by atoms with Crippen LogP contribution >= 0.6 is 0 Å². The number of aromatic amines is 1. The van der Waals surface area contributed by atoms with E-state index in [0.29, 0.717) is 12.4 Å². The summed E-state index contributed by atoms with van der Waals surface area (Å²) in [6.07, 6.45) is 4.99. The molecular formula is C11H10N2O2. The first-order valence-electron chi connectivity index (χ1n) is 4.55. The first-order valence-corrected chi connectivity index (χ1v) is 4.55. The molecule has 0 fully saturated rings. The van der Waals surface area contributed by atoms with Crippen LogP contribution in [0.15, 0.2) is 47.7 Å². The predicted octanol–water partition coefficient (Wildman–Crippen LogP) is 1.35. The van der Waals surface area contributed by atoms with Crippen LogP contribution in [0.4, 0.5) is 0 Å². The summed E-state index contributed by atoms with van der Waals surface area (Å²) in [7, 11) is 0. The Morgan fingerprint density at radius 3 is 3.07 bits per heavy atom. The molecule has 2 heterocycles. The zero-order valence-electron chi connectivity index (χ0n) is 8.01. The molecule has 0 aliphatic rings. The summed E-state index contributed by atoms with van der Waals surface area (Å²) in [4.78, 5) is 17.4. The minimum Gasteiger partial charge on any atom is -0.489 e. The fourth-order valence-corrected chi connectivity index (χ4v) is 1.16. The molecule has 0 spiro atoms. The van der Waals surface area contributed by atoms with Crippen molar-refractivity contribution in [3.05, 3.63) is 58.8 Å². The van der Waals surface area contributed by atoms with Gasteiger partial charge >= 0.3 is 0 Å². The number of nitrogens with zero attached hydrogens (tertiary/aromatic N) is 1. The van der Waals surface area contributed by atoms with E-state index in [2.05, 4.69) is 9.97 Å². The van der Waals surface area contributed by atoms with Gasteiger partial charge in [0.2, 0.25) is 0 Å². The molecule has 1 N–H and O–H groups in total. The Labute approximate surface area is 86.6 Å². The van der Waals surface area contributed by atoms with Gasteiger partial charge in [0.25, 0.3) is 5.56 Å². The van der Waals surface area contributed by atoms with Gasteiger partial charge in [-0.3, -0.25) is 9.78 Å². The predicted molar refractivity (Wildman–Crippen MR) is 55.6 cm³/mol. The SMILES string of the molecule is O=c1cc(OCc2cccnc2)cc[nH]1. The largest absolute Gasteiger partial charge is 0.489 e. The smallest absolute Gasteiger partial charge is 0.251 e. The molecule has 0 saturated carbocycles. The van der Waals surface area contributed by atoms with Gasteiger partial charge in [-0.05, 0) is 12.1 Å². The van der Waals surface area contributed by atoms with Crippen molar-refractivity contribution < 1.29 is 4.74 Å². The van der Waals surface area contributed by atoms with Crippen molar-refractivity contribution in [3.8, 4) is 5.75 Å². The average molecular weight is 202 g/mol. The first kappa shape index (κ1) is 9.45. The highest BCUT2D eigenvalue weighted by Gasteiger charge is 1.95. The Morgan fingerprint density at radius 2 is 2.33 bits per heavy atom. The Kier molecular flexibility index (Phi) is 2.78. The van der Waals surface area contributed by atoms with Crippen LogP contribution < -0.4 is 10.3 Å². The summed E-state index contributed by atoms with van der Waals surface area (Å²) in [5.74, 6) is 0.558. The molecule has 2 aromatic rings. The minimum absolute atomic E-state index is 0.168. The topological polar surface area (TPSA) is 55.0 Å². The number of aromatic nitrogens is 2. The van der Waals surface area contributed by atoms with E-state index in [9.17, 15) is 4.79 Å². The van der Waals surface area contributed by atoms with E-state index in [1.54, 1.807) is 24.7 Å². The number of nitrogens with one attached hydrogen (secondary N) is 1. The molecule has 0 aromatic carbocycles. The highest BCUT2D eigenvalue weighted by atomic mass is 16.5. The van der Waals surface area contributed by atoms with Crippen LogP contribution in [0.2, 0.25) is 0 Å². The van der Waals surface area contributed by atoms with Crippen molar-refractivity contribution in [2.24, 2.45) is 0 Å². The lowest BCUT2D eigenvalue weighted by Gasteiger charge is -2.04. The molecule has 0 amide bonds. The number of rotatable bonds is 3. The molecule has 0 aliphatic heterocycles. The minimum atomic E-state index is -0.168. The molecule has 4 heteroatoms. The van der Waals surface area contributed by atoms with E-state index >= 15 is 0 Å². The van der Waals surface area contributed by atoms with Crippen molar-refractivity contribution in [1.29, 1.82) is 0 Å². The molecule has 0 aliphatic carbocycles. The molecule has 2 rings (SSSR count). The lowest BCUT2D eigenvalue weighted by atomic mass is 10.3. The third-order valence-electron chi connectivity index (χ3n) is 1.87. The van der Waals surface area contributed by atoms with E-state index in [4.69, 9.17) is 4.74 Å². The number of H-pyrrole nitrogens is 1. The van der Waals surface area contributed by atoms with E-state index in [-0.39, 0.29) is 5.56 Å². The molecule has 2 aromatic heterocycles. The average Bonchev–Trinajstić information content (AvgIpc) is 2.28. The van der Waals surface area contributed by atoms with Crippen LogP contribution in [-0.2, 0) is 6.61 Å².